The molecule has 1 aromatic rings. The lowest BCUT2D eigenvalue weighted by molar-refractivity contribution is -0.274. The van der Waals surface area contributed by atoms with Crippen molar-refractivity contribution >= 4 is 15.9 Å². The predicted octanol–water partition coefficient (Wildman–Crippen LogP) is 0.899. The minimum absolute atomic E-state index is 0.277. The number of amides is 1. The Morgan fingerprint density at radius 1 is 1.23 bits per heavy atom. The van der Waals surface area contributed by atoms with Gasteiger partial charge < -0.3 is 15.4 Å². The highest BCUT2D eigenvalue weighted by Gasteiger charge is 2.31. The first-order valence-electron chi connectivity index (χ1n) is 7.66. The van der Waals surface area contributed by atoms with Crippen LogP contribution in [0.5, 0.6) is 5.75 Å². The lowest BCUT2D eigenvalue weighted by Crippen LogP contribution is -2.38. The van der Waals surface area contributed by atoms with Gasteiger partial charge in [0.25, 0.3) is 0 Å². The summed E-state index contributed by atoms with van der Waals surface area (Å²) in [5.41, 5.74) is 1.06. The molecule has 1 amide bonds. The third-order valence-corrected chi connectivity index (χ3v) is 4.88. The monoisotopic (exact) mass is 393 g/mol. The van der Waals surface area contributed by atoms with E-state index in [2.05, 4.69) is 20.1 Å². The lowest BCUT2D eigenvalue weighted by atomic mass is 10.1. The number of rotatable bonds is 7. The summed E-state index contributed by atoms with van der Waals surface area (Å²) in [5, 5.41) is 5.73. The van der Waals surface area contributed by atoms with Crippen molar-refractivity contribution in [2.75, 3.05) is 26.2 Å². The summed E-state index contributed by atoms with van der Waals surface area (Å²) in [6.45, 7) is 1.41. The number of hydrogen-bond acceptors (Lipinski definition) is 5. The second-order valence-corrected chi connectivity index (χ2v) is 7.20. The molecule has 0 saturated carbocycles. The molecular weight excluding hydrogens is 375 g/mol. The summed E-state index contributed by atoms with van der Waals surface area (Å²) in [4.78, 5) is 11.5. The zero-order chi connectivity index (χ0) is 19.2. The maximum atomic E-state index is 12.1. The predicted molar refractivity (Wildman–Crippen MR) is 86.9 cm³/mol. The van der Waals surface area contributed by atoms with Gasteiger partial charge in [-0.1, -0.05) is 11.6 Å². The van der Waals surface area contributed by atoms with Crippen molar-refractivity contribution < 1.29 is 31.1 Å². The van der Waals surface area contributed by atoms with E-state index < -0.39 is 34.6 Å². The van der Waals surface area contributed by atoms with Crippen molar-refractivity contribution in [1.29, 1.82) is 0 Å². The maximum Gasteiger partial charge on any atom is 0.573 e. The molecule has 0 fully saturated rings. The minimum atomic E-state index is -4.86. The number of alkyl halides is 3. The molecule has 0 unspecified atom stereocenters. The van der Waals surface area contributed by atoms with Crippen LogP contribution in [0.1, 0.15) is 6.42 Å². The quantitative estimate of drug-likeness (QED) is 0.598. The van der Waals surface area contributed by atoms with Gasteiger partial charge in [0, 0.05) is 13.1 Å². The molecule has 1 aromatic carbocycles. The first-order chi connectivity index (χ1) is 12.2. The molecule has 0 saturated heterocycles. The van der Waals surface area contributed by atoms with Crippen molar-refractivity contribution in [2.45, 2.75) is 17.7 Å². The Labute approximate surface area is 148 Å². The number of sulfonamides is 1. The topological polar surface area (TPSA) is 96.5 Å². The largest absolute Gasteiger partial charge is 0.573 e. The number of ether oxygens (including phenoxy) is 1. The Morgan fingerprint density at radius 3 is 2.50 bits per heavy atom. The summed E-state index contributed by atoms with van der Waals surface area (Å²) < 4.78 is 66.2. The molecule has 1 aliphatic heterocycles. The molecule has 0 radical (unpaired) electrons. The minimum Gasteiger partial charge on any atom is -0.406 e. The van der Waals surface area contributed by atoms with Crippen LogP contribution < -0.4 is 20.1 Å². The Kier molecular flexibility index (Phi) is 6.62. The number of hydrogen-bond donors (Lipinski definition) is 3. The SMILES string of the molecule is O=C(CNS(=O)(=O)c1ccc(OC(F)(F)F)cc1)NCC1=CCNCC1. The summed E-state index contributed by atoms with van der Waals surface area (Å²) in [7, 11) is -4.03. The fourth-order valence-corrected chi connectivity index (χ4v) is 3.15. The average molecular weight is 393 g/mol. The molecule has 0 aromatic heterocycles. The normalized spacial score (nSPS) is 15.3. The van der Waals surface area contributed by atoms with E-state index >= 15 is 0 Å². The van der Waals surface area contributed by atoms with Gasteiger partial charge in [-0.2, -0.15) is 0 Å². The fraction of sp³-hybridized carbons (Fsp3) is 0.400. The van der Waals surface area contributed by atoms with Gasteiger partial charge in [-0.25, -0.2) is 13.1 Å². The van der Waals surface area contributed by atoms with Gasteiger partial charge in [0.15, 0.2) is 0 Å². The van der Waals surface area contributed by atoms with Crippen LogP contribution in [0, 0.1) is 0 Å². The summed E-state index contributed by atoms with van der Waals surface area (Å²) >= 11 is 0. The third-order valence-electron chi connectivity index (χ3n) is 3.46. The van der Waals surface area contributed by atoms with E-state index in [0.29, 0.717) is 6.54 Å². The van der Waals surface area contributed by atoms with E-state index in [0.717, 1.165) is 49.3 Å². The van der Waals surface area contributed by atoms with E-state index in [-0.39, 0.29) is 4.90 Å². The molecule has 1 aliphatic rings. The molecule has 11 heteroatoms. The number of nitrogens with one attached hydrogen (secondary N) is 3. The van der Waals surface area contributed by atoms with Crippen LogP contribution in [0.2, 0.25) is 0 Å². The average Bonchev–Trinajstić information content (AvgIpc) is 2.58. The van der Waals surface area contributed by atoms with Gasteiger partial charge in [-0.05, 0) is 37.2 Å². The standard InChI is InChI=1S/C15H18F3N3O4S/c16-15(17,18)25-12-1-3-13(4-2-12)26(23,24)21-10-14(22)20-9-11-5-7-19-8-6-11/h1-5,19,21H,6-10H2,(H,20,22). The molecule has 7 nitrogen and oxygen atoms in total. The van der Waals surface area contributed by atoms with E-state index in [1.54, 1.807) is 0 Å². The van der Waals surface area contributed by atoms with Gasteiger partial charge in [0.05, 0.1) is 11.4 Å². The summed E-state index contributed by atoms with van der Waals surface area (Å²) in [6, 6.07) is 3.68. The molecule has 0 atom stereocenters. The molecule has 0 bridgehead atoms. The number of carbonyl (C=O) groups excluding carboxylic acids is 1. The van der Waals surface area contributed by atoms with Crippen LogP contribution in [0.25, 0.3) is 0 Å². The highest BCUT2D eigenvalue weighted by atomic mass is 32.2. The molecule has 3 N–H and O–H groups in total. The first-order valence-corrected chi connectivity index (χ1v) is 9.15. The van der Waals surface area contributed by atoms with E-state index in [9.17, 15) is 26.4 Å². The third kappa shape index (κ3) is 6.65. The number of halogens is 3. The Hall–Kier alpha value is -2.11. The van der Waals surface area contributed by atoms with Crippen molar-refractivity contribution in [2.24, 2.45) is 0 Å². The Balaban J connectivity index is 1.85. The van der Waals surface area contributed by atoms with Crippen molar-refractivity contribution in [3.63, 3.8) is 0 Å². The van der Waals surface area contributed by atoms with Crippen LogP contribution >= 0.6 is 0 Å². The smallest absolute Gasteiger partial charge is 0.406 e. The molecule has 0 aliphatic carbocycles. The van der Waals surface area contributed by atoms with Gasteiger partial charge in [0.2, 0.25) is 15.9 Å². The molecule has 1 heterocycles. The summed E-state index contributed by atoms with van der Waals surface area (Å²) in [6.07, 6.45) is -2.10. The second-order valence-electron chi connectivity index (χ2n) is 5.44. The molecule has 2 rings (SSSR count). The molecular formula is C15H18F3N3O4S. The Bertz CT molecular complexity index is 761. The number of benzene rings is 1. The fourth-order valence-electron chi connectivity index (χ4n) is 2.17. The van der Waals surface area contributed by atoms with Crippen LogP contribution in [0.3, 0.4) is 0 Å². The zero-order valence-electron chi connectivity index (χ0n) is 13.6. The van der Waals surface area contributed by atoms with Gasteiger partial charge in [-0.15, -0.1) is 13.2 Å². The summed E-state index contributed by atoms with van der Waals surface area (Å²) in [5.74, 6) is -1.05. The highest BCUT2D eigenvalue weighted by Crippen LogP contribution is 2.23. The van der Waals surface area contributed by atoms with Gasteiger partial charge in [-0.3, -0.25) is 4.79 Å². The first kappa shape index (κ1) is 20.2. The lowest BCUT2D eigenvalue weighted by Gasteiger charge is -2.14. The Morgan fingerprint density at radius 2 is 1.92 bits per heavy atom. The van der Waals surface area contributed by atoms with Gasteiger partial charge >= 0.3 is 6.36 Å². The van der Waals surface area contributed by atoms with Crippen LogP contribution in [0.15, 0.2) is 40.8 Å². The van der Waals surface area contributed by atoms with Crippen molar-refractivity contribution in [3.8, 4) is 5.75 Å². The van der Waals surface area contributed by atoms with Crippen LogP contribution in [-0.4, -0.2) is 46.9 Å². The molecule has 26 heavy (non-hydrogen) atoms. The van der Waals surface area contributed by atoms with Crippen molar-refractivity contribution in [3.05, 3.63) is 35.9 Å². The highest BCUT2D eigenvalue weighted by molar-refractivity contribution is 7.89. The number of carbonyl (C=O) groups is 1. The second kappa shape index (κ2) is 8.52. The maximum absolute atomic E-state index is 12.1. The van der Waals surface area contributed by atoms with E-state index in [4.69, 9.17) is 0 Å². The molecule has 144 valence electrons. The van der Waals surface area contributed by atoms with Gasteiger partial charge in [0.1, 0.15) is 5.75 Å². The van der Waals surface area contributed by atoms with E-state index in [1.807, 2.05) is 6.08 Å². The van der Waals surface area contributed by atoms with Crippen LogP contribution in [0.4, 0.5) is 13.2 Å². The van der Waals surface area contributed by atoms with Crippen molar-refractivity contribution in [1.82, 2.24) is 15.4 Å². The molecule has 0 spiro atoms. The van der Waals surface area contributed by atoms with Crippen LogP contribution in [-0.2, 0) is 14.8 Å². The zero-order valence-corrected chi connectivity index (χ0v) is 14.4. The van der Waals surface area contributed by atoms with E-state index in [1.165, 1.54) is 0 Å².